The molecule has 0 aliphatic carbocycles. The first-order valence-electron chi connectivity index (χ1n) is 9.54. The zero-order valence-corrected chi connectivity index (χ0v) is 17.9. The van der Waals surface area contributed by atoms with Gasteiger partial charge in [-0.15, -0.1) is 0 Å². The van der Waals surface area contributed by atoms with E-state index in [-0.39, 0.29) is 18.0 Å². The van der Waals surface area contributed by atoms with Gasteiger partial charge in [-0.25, -0.2) is 4.99 Å². The molecule has 9 nitrogen and oxygen atoms in total. The van der Waals surface area contributed by atoms with Gasteiger partial charge in [0.05, 0.1) is 23.8 Å². The molecule has 1 atom stereocenters. The summed E-state index contributed by atoms with van der Waals surface area (Å²) in [7, 11) is 1.55. The van der Waals surface area contributed by atoms with Gasteiger partial charge in [0, 0.05) is 31.4 Å². The van der Waals surface area contributed by atoms with Crippen molar-refractivity contribution in [1.82, 2.24) is 4.90 Å². The molecule has 2 amide bonds. The molecule has 1 aliphatic heterocycles. The van der Waals surface area contributed by atoms with Crippen LogP contribution >= 0.6 is 11.8 Å². The molecule has 10 heteroatoms. The number of hydrogen-bond acceptors (Lipinski definition) is 7. The number of aryl methyl sites for hydroxylation is 1. The third-order valence-electron chi connectivity index (χ3n) is 4.51. The Morgan fingerprint density at radius 1 is 1.29 bits per heavy atom. The van der Waals surface area contributed by atoms with Crippen molar-refractivity contribution in [3.05, 3.63) is 64.2 Å². The molecular weight excluding hydrogens is 420 g/mol. The van der Waals surface area contributed by atoms with Crippen LogP contribution < -0.4 is 5.32 Å². The highest BCUT2D eigenvalue weighted by molar-refractivity contribution is 8.15. The highest BCUT2D eigenvalue weighted by atomic mass is 32.2. The Bertz CT molecular complexity index is 1010. The number of non-ortho nitro benzene ring substituents is 1. The number of aliphatic imine (C=N–C) groups is 1. The van der Waals surface area contributed by atoms with Crippen molar-refractivity contribution in [2.75, 3.05) is 25.6 Å². The van der Waals surface area contributed by atoms with Crippen molar-refractivity contribution in [1.29, 1.82) is 0 Å². The van der Waals surface area contributed by atoms with Crippen LogP contribution in [0.4, 0.5) is 17.1 Å². The SMILES string of the molecule is COCCN1C(=O)C(CC(=O)Nc2cccc([N+](=O)[O-])c2)SC1=Nc1ccc(C)cc1. The number of thioether (sulfide) groups is 1. The molecule has 0 radical (unpaired) electrons. The number of benzene rings is 2. The summed E-state index contributed by atoms with van der Waals surface area (Å²) >= 11 is 1.23. The molecule has 162 valence electrons. The fourth-order valence-electron chi connectivity index (χ4n) is 2.92. The number of ether oxygens (including phenoxy) is 1. The van der Waals surface area contributed by atoms with Crippen LogP contribution in [0.1, 0.15) is 12.0 Å². The maximum absolute atomic E-state index is 12.9. The third kappa shape index (κ3) is 5.89. The second kappa shape index (κ2) is 10.2. The second-order valence-electron chi connectivity index (χ2n) is 6.88. The summed E-state index contributed by atoms with van der Waals surface area (Å²) in [5.41, 5.74) is 2.00. The number of amidine groups is 1. The summed E-state index contributed by atoms with van der Waals surface area (Å²) in [4.78, 5) is 41.9. The van der Waals surface area contributed by atoms with Crippen LogP contribution in [0.15, 0.2) is 53.5 Å². The van der Waals surface area contributed by atoms with Crippen molar-refractivity contribution in [3.8, 4) is 0 Å². The van der Waals surface area contributed by atoms with Gasteiger partial charge >= 0.3 is 0 Å². The topological polar surface area (TPSA) is 114 Å². The fraction of sp³-hybridized carbons (Fsp3) is 0.286. The Labute approximate surface area is 183 Å². The molecule has 1 saturated heterocycles. The van der Waals surface area contributed by atoms with Crippen LogP contribution in [0.25, 0.3) is 0 Å². The highest BCUT2D eigenvalue weighted by Crippen LogP contribution is 2.32. The predicted octanol–water partition coefficient (Wildman–Crippen LogP) is 3.51. The van der Waals surface area contributed by atoms with Crippen LogP contribution in [0.3, 0.4) is 0 Å². The van der Waals surface area contributed by atoms with Gasteiger partial charge in [-0.2, -0.15) is 0 Å². The zero-order chi connectivity index (χ0) is 22.4. The van der Waals surface area contributed by atoms with E-state index in [1.807, 2.05) is 31.2 Å². The molecule has 0 saturated carbocycles. The van der Waals surface area contributed by atoms with E-state index >= 15 is 0 Å². The quantitative estimate of drug-likeness (QED) is 0.494. The summed E-state index contributed by atoms with van der Waals surface area (Å²) in [6.07, 6.45) is -0.0808. The lowest BCUT2D eigenvalue weighted by Crippen LogP contribution is -2.35. The van der Waals surface area contributed by atoms with Gasteiger partial charge in [-0.1, -0.05) is 35.5 Å². The van der Waals surface area contributed by atoms with Crippen LogP contribution in [0, 0.1) is 17.0 Å². The molecule has 1 aliphatic rings. The van der Waals surface area contributed by atoms with Crippen molar-refractivity contribution >= 4 is 45.8 Å². The van der Waals surface area contributed by atoms with E-state index in [4.69, 9.17) is 4.74 Å². The number of nitrogens with one attached hydrogen (secondary N) is 1. The molecule has 3 rings (SSSR count). The van der Waals surface area contributed by atoms with E-state index in [9.17, 15) is 19.7 Å². The minimum atomic E-state index is -0.639. The summed E-state index contributed by atoms with van der Waals surface area (Å²) in [6, 6.07) is 13.3. The summed E-state index contributed by atoms with van der Waals surface area (Å²) in [5.74, 6) is -0.628. The van der Waals surface area contributed by atoms with Gasteiger partial charge in [-0.3, -0.25) is 24.6 Å². The van der Waals surface area contributed by atoms with Gasteiger partial charge in [0.2, 0.25) is 11.8 Å². The molecule has 1 unspecified atom stereocenters. The van der Waals surface area contributed by atoms with Gasteiger partial charge in [0.15, 0.2) is 5.17 Å². The van der Waals surface area contributed by atoms with Crippen LogP contribution in [0.5, 0.6) is 0 Å². The van der Waals surface area contributed by atoms with Gasteiger partial charge < -0.3 is 10.1 Å². The first kappa shape index (κ1) is 22.4. The number of amides is 2. The Morgan fingerprint density at radius 3 is 2.71 bits per heavy atom. The van der Waals surface area contributed by atoms with Crippen LogP contribution in [0.2, 0.25) is 0 Å². The minimum absolute atomic E-state index is 0.0808. The first-order chi connectivity index (χ1) is 14.9. The molecule has 2 aromatic rings. The largest absolute Gasteiger partial charge is 0.383 e. The van der Waals surface area contributed by atoms with E-state index in [2.05, 4.69) is 10.3 Å². The average Bonchev–Trinajstić information content (AvgIpc) is 3.02. The number of methoxy groups -OCH3 is 1. The third-order valence-corrected chi connectivity index (χ3v) is 5.68. The van der Waals surface area contributed by atoms with Crippen molar-refractivity contribution < 1.29 is 19.2 Å². The number of anilines is 1. The highest BCUT2D eigenvalue weighted by Gasteiger charge is 2.39. The number of nitro benzene ring substituents is 1. The van der Waals surface area contributed by atoms with E-state index in [1.54, 1.807) is 13.2 Å². The molecular formula is C21H22N4O5S. The molecule has 31 heavy (non-hydrogen) atoms. The van der Waals surface area contributed by atoms with Gasteiger partial charge in [0.1, 0.15) is 5.25 Å². The molecule has 0 bridgehead atoms. The normalized spacial score (nSPS) is 17.2. The van der Waals surface area contributed by atoms with Crippen molar-refractivity contribution in [3.63, 3.8) is 0 Å². The van der Waals surface area contributed by atoms with E-state index in [0.717, 1.165) is 5.56 Å². The first-order valence-corrected chi connectivity index (χ1v) is 10.4. The van der Waals surface area contributed by atoms with Crippen molar-refractivity contribution in [2.24, 2.45) is 4.99 Å². The second-order valence-corrected chi connectivity index (χ2v) is 8.05. The number of hydrogen-bond donors (Lipinski definition) is 1. The van der Waals surface area contributed by atoms with E-state index < -0.39 is 16.1 Å². The summed E-state index contributed by atoms with van der Waals surface area (Å²) < 4.78 is 5.10. The monoisotopic (exact) mass is 442 g/mol. The average molecular weight is 442 g/mol. The molecule has 1 N–H and O–H groups in total. The molecule has 1 heterocycles. The molecule has 1 fully saturated rings. The lowest BCUT2D eigenvalue weighted by Gasteiger charge is -2.15. The lowest BCUT2D eigenvalue weighted by atomic mass is 10.2. The van der Waals surface area contributed by atoms with Crippen LogP contribution in [-0.2, 0) is 14.3 Å². The minimum Gasteiger partial charge on any atom is -0.383 e. The van der Waals surface area contributed by atoms with Crippen LogP contribution in [-0.4, -0.2) is 52.3 Å². The Morgan fingerprint density at radius 2 is 2.03 bits per heavy atom. The number of carbonyl (C=O) groups excluding carboxylic acids is 2. The Balaban J connectivity index is 1.72. The molecule has 2 aromatic carbocycles. The number of rotatable bonds is 8. The smallest absolute Gasteiger partial charge is 0.271 e. The lowest BCUT2D eigenvalue weighted by molar-refractivity contribution is -0.384. The number of carbonyl (C=O) groups is 2. The number of nitro groups is 1. The fourth-order valence-corrected chi connectivity index (χ4v) is 4.10. The van der Waals surface area contributed by atoms with Gasteiger partial charge in [-0.05, 0) is 25.1 Å². The predicted molar refractivity (Wildman–Crippen MR) is 120 cm³/mol. The molecule has 0 spiro atoms. The maximum atomic E-state index is 12.9. The Kier molecular flexibility index (Phi) is 7.37. The van der Waals surface area contributed by atoms with Crippen molar-refractivity contribution in [2.45, 2.75) is 18.6 Å². The number of nitrogens with zero attached hydrogens (tertiary/aromatic N) is 3. The maximum Gasteiger partial charge on any atom is 0.271 e. The molecule has 0 aromatic heterocycles. The standard InChI is InChI=1S/C21H22N4O5S/c1-14-6-8-15(9-7-14)23-21-24(10-11-30-2)20(27)18(31-21)13-19(26)22-16-4-3-5-17(12-16)25(28)29/h3-9,12,18H,10-11,13H2,1-2H3,(H,22,26). The van der Waals surface area contributed by atoms with Gasteiger partial charge in [0.25, 0.3) is 5.69 Å². The van der Waals surface area contributed by atoms with E-state index in [1.165, 1.54) is 34.9 Å². The summed E-state index contributed by atoms with van der Waals surface area (Å²) in [5, 5.41) is 13.4. The Hall–Kier alpha value is -3.24. The van der Waals surface area contributed by atoms with E-state index in [0.29, 0.717) is 29.7 Å². The summed E-state index contributed by atoms with van der Waals surface area (Å²) in [6.45, 7) is 2.65. The zero-order valence-electron chi connectivity index (χ0n) is 17.1.